The second-order valence-electron chi connectivity index (χ2n) is 2.85. The van der Waals surface area contributed by atoms with E-state index in [1.165, 1.54) is 7.05 Å². The highest BCUT2D eigenvalue weighted by molar-refractivity contribution is 5.94. The maximum absolute atomic E-state index is 11.3. The third-order valence-corrected chi connectivity index (χ3v) is 1.94. The molecule has 0 fully saturated rings. The zero-order valence-electron chi connectivity index (χ0n) is 8.18. The average molecular weight is 195 g/mol. The van der Waals surface area contributed by atoms with Crippen molar-refractivity contribution in [1.29, 1.82) is 0 Å². The van der Waals surface area contributed by atoms with Crippen LogP contribution in [0.3, 0.4) is 0 Å². The molecule has 0 aliphatic carbocycles. The van der Waals surface area contributed by atoms with Crippen LogP contribution >= 0.6 is 0 Å². The van der Waals surface area contributed by atoms with Gasteiger partial charge in [-0.1, -0.05) is 5.73 Å². The first kappa shape index (κ1) is 10.3. The van der Waals surface area contributed by atoms with Gasteiger partial charge in [-0.05, 0) is 6.08 Å². The molecule has 14 heavy (non-hydrogen) atoms. The molecule has 1 aliphatic heterocycles. The van der Waals surface area contributed by atoms with Crippen LogP contribution in [-0.4, -0.2) is 32.0 Å². The van der Waals surface area contributed by atoms with Crippen molar-refractivity contribution in [2.24, 2.45) is 0 Å². The Bertz CT molecular complexity index is 316. The van der Waals surface area contributed by atoms with Crippen LogP contribution in [0.5, 0.6) is 0 Å². The van der Waals surface area contributed by atoms with Gasteiger partial charge in [0.2, 0.25) is 5.91 Å². The molecule has 5 heteroatoms. The smallest absolute Gasteiger partial charge is 0.275 e. The number of likely N-dealkylation sites (N-methyl/N-ethyl adjacent to an activating group) is 2. The molecule has 1 heterocycles. The van der Waals surface area contributed by atoms with E-state index in [1.807, 2.05) is 0 Å². The molecule has 0 bridgehead atoms. The molecule has 0 saturated heterocycles. The van der Waals surface area contributed by atoms with Crippen LogP contribution in [0.15, 0.2) is 17.5 Å². The van der Waals surface area contributed by atoms with E-state index < -0.39 is 0 Å². The Morgan fingerprint density at radius 1 is 1.50 bits per heavy atom. The van der Waals surface area contributed by atoms with Gasteiger partial charge in [0.15, 0.2) is 0 Å². The Labute approximate surface area is 82.2 Å². The molecule has 0 aromatic carbocycles. The van der Waals surface area contributed by atoms with Crippen molar-refractivity contribution < 1.29 is 9.59 Å². The Kier molecular flexibility index (Phi) is 3.31. The van der Waals surface area contributed by atoms with E-state index in [-0.39, 0.29) is 17.9 Å². The summed E-state index contributed by atoms with van der Waals surface area (Å²) in [4.78, 5) is 22.5. The molecular formula is C9H13N3O2. The van der Waals surface area contributed by atoms with Crippen LogP contribution < -0.4 is 16.0 Å². The van der Waals surface area contributed by atoms with Crippen molar-refractivity contribution in [2.45, 2.75) is 12.5 Å². The third-order valence-electron chi connectivity index (χ3n) is 1.94. The molecule has 0 aromatic heterocycles. The monoisotopic (exact) mass is 195 g/mol. The molecule has 1 aliphatic rings. The molecule has 0 saturated carbocycles. The minimum absolute atomic E-state index is 0.135. The molecule has 0 radical (unpaired) electrons. The fourth-order valence-corrected chi connectivity index (χ4v) is 1.16. The van der Waals surface area contributed by atoms with Crippen LogP contribution in [0.2, 0.25) is 0 Å². The highest BCUT2D eigenvalue weighted by Gasteiger charge is 2.21. The SMILES string of the molecule is CNC(=O)C1=C=CCC(C(=O)NC)N1. The van der Waals surface area contributed by atoms with E-state index in [9.17, 15) is 9.59 Å². The molecular weight excluding hydrogens is 182 g/mol. The van der Waals surface area contributed by atoms with Gasteiger partial charge in [0.1, 0.15) is 11.7 Å². The summed E-state index contributed by atoms with van der Waals surface area (Å²) in [7, 11) is 3.09. The van der Waals surface area contributed by atoms with E-state index in [0.29, 0.717) is 12.1 Å². The summed E-state index contributed by atoms with van der Waals surface area (Å²) >= 11 is 0. The Balaban J connectivity index is 2.69. The summed E-state index contributed by atoms with van der Waals surface area (Å²) in [5.41, 5.74) is 3.07. The fraction of sp³-hybridized carbons (Fsp3) is 0.444. The Morgan fingerprint density at radius 3 is 2.79 bits per heavy atom. The van der Waals surface area contributed by atoms with E-state index in [1.54, 1.807) is 13.1 Å². The molecule has 76 valence electrons. The predicted octanol–water partition coefficient (Wildman–Crippen LogP) is -1.12. The van der Waals surface area contributed by atoms with Gasteiger partial charge in [-0.15, -0.1) is 0 Å². The largest absolute Gasteiger partial charge is 0.362 e. The van der Waals surface area contributed by atoms with Crippen LogP contribution in [0.25, 0.3) is 0 Å². The van der Waals surface area contributed by atoms with Gasteiger partial charge in [-0.2, -0.15) is 0 Å². The highest BCUT2D eigenvalue weighted by Crippen LogP contribution is 2.03. The van der Waals surface area contributed by atoms with E-state index in [4.69, 9.17) is 0 Å². The molecule has 5 nitrogen and oxygen atoms in total. The van der Waals surface area contributed by atoms with E-state index in [2.05, 4.69) is 21.7 Å². The van der Waals surface area contributed by atoms with Crippen LogP contribution in [0.1, 0.15) is 6.42 Å². The minimum atomic E-state index is -0.381. The summed E-state index contributed by atoms with van der Waals surface area (Å²) in [5, 5.41) is 7.78. The normalized spacial score (nSPS) is 19.3. The summed E-state index contributed by atoms with van der Waals surface area (Å²) in [6.07, 6.45) is 2.22. The lowest BCUT2D eigenvalue weighted by Crippen LogP contribution is -2.45. The summed E-state index contributed by atoms with van der Waals surface area (Å²) in [5.74, 6) is -0.404. The van der Waals surface area contributed by atoms with Gasteiger partial charge in [0.25, 0.3) is 5.91 Å². The molecule has 1 rings (SSSR count). The zero-order valence-corrected chi connectivity index (χ0v) is 8.18. The fourth-order valence-electron chi connectivity index (χ4n) is 1.16. The molecule has 2 amide bonds. The maximum atomic E-state index is 11.3. The van der Waals surface area contributed by atoms with Gasteiger partial charge in [0, 0.05) is 20.5 Å². The predicted molar refractivity (Wildman–Crippen MR) is 51.3 cm³/mol. The quantitative estimate of drug-likeness (QED) is 0.489. The second kappa shape index (κ2) is 4.48. The van der Waals surface area contributed by atoms with Gasteiger partial charge < -0.3 is 16.0 Å². The topological polar surface area (TPSA) is 70.2 Å². The first-order valence-corrected chi connectivity index (χ1v) is 4.34. The van der Waals surface area contributed by atoms with Crippen molar-refractivity contribution >= 4 is 11.8 Å². The Morgan fingerprint density at radius 2 is 2.21 bits per heavy atom. The van der Waals surface area contributed by atoms with Crippen LogP contribution in [0.4, 0.5) is 0 Å². The van der Waals surface area contributed by atoms with Gasteiger partial charge >= 0.3 is 0 Å². The maximum Gasteiger partial charge on any atom is 0.275 e. The van der Waals surface area contributed by atoms with Crippen LogP contribution in [-0.2, 0) is 9.59 Å². The zero-order chi connectivity index (χ0) is 10.6. The number of carbonyl (C=O) groups is 2. The lowest BCUT2D eigenvalue weighted by Gasteiger charge is -2.19. The molecule has 1 unspecified atom stereocenters. The molecule has 1 atom stereocenters. The summed E-state index contributed by atoms with van der Waals surface area (Å²) < 4.78 is 0. The highest BCUT2D eigenvalue weighted by atomic mass is 16.2. The summed E-state index contributed by atoms with van der Waals surface area (Å²) in [6.45, 7) is 0. The molecule has 0 aromatic rings. The first-order valence-electron chi connectivity index (χ1n) is 4.34. The van der Waals surface area contributed by atoms with Crippen molar-refractivity contribution in [3.63, 3.8) is 0 Å². The van der Waals surface area contributed by atoms with Gasteiger partial charge in [-0.3, -0.25) is 9.59 Å². The summed E-state index contributed by atoms with van der Waals surface area (Å²) in [6, 6.07) is -0.381. The lowest BCUT2D eigenvalue weighted by molar-refractivity contribution is -0.122. The second-order valence-corrected chi connectivity index (χ2v) is 2.85. The van der Waals surface area contributed by atoms with Gasteiger partial charge in [-0.25, -0.2) is 0 Å². The van der Waals surface area contributed by atoms with E-state index >= 15 is 0 Å². The van der Waals surface area contributed by atoms with E-state index in [0.717, 1.165) is 0 Å². The van der Waals surface area contributed by atoms with Crippen LogP contribution in [0, 0.1) is 0 Å². The standard InChI is InChI=1S/C9H13N3O2/c1-10-8(13)6-4-3-5-7(12-6)9(14)11-2/h3,6,12H,4H2,1-2H3,(H,10,13)(H,11,14). The Hall–Kier alpha value is -1.74. The van der Waals surface area contributed by atoms with Crippen molar-refractivity contribution in [3.8, 4) is 0 Å². The third kappa shape index (κ3) is 2.14. The number of nitrogens with one attached hydrogen (secondary N) is 3. The number of hydrogen-bond acceptors (Lipinski definition) is 3. The number of carbonyl (C=O) groups excluding carboxylic acids is 2. The van der Waals surface area contributed by atoms with Crippen molar-refractivity contribution in [1.82, 2.24) is 16.0 Å². The number of hydrogen-bond donors (Lipinski definition) is 3. The minimum Gasteiger partial charge on any atom is -0.362 e. The first-order chi connectivity index (χ1) is 6.69. The van der Waals surface area contributed by atoms with Crippen molar-refractivity contribution in [2.75, 3.05) is 14.1 Å². The number of rotatable bonds is 2. The molecule has 0 spiro atoms. The average Bonchev–Trinajstić information content (AvgIpc) is 2.27. The number of amides is 2. The molecule has 3 N–H and O–H groups in total. The van der Waals surface area contributed by atoms with Crippen molar-refractivity contribution in [3.05, 3.63) is 17.5 Å². The van der Waals surface area contributed by atoms with Gasteiger partial charge in [0.05, 0.1) is 0 Å². The lowest BCUT2D eigenvalue weighted by atomic mass is 10.1.